The molecule has 0 fully saturated rings. The lowest BCUT2D eigenvalue weighted by atomic mass is 10.1. The monoisotopic (exact) mass is 2070 g/mol. The van der Waals surface area contributed by atoms with Gasteiger partial charge in [0.25, 0.3) is 57.3 Å². The summed E-state index contributed by atoms with van der Waals surface area (Å²) in [6.07, 6.45) is -3.13. The van der Waals surface area contributed by atoms with Gasteiger partial charge in [-0.1, -0.05) is 126 Å². The summed E-state index contributed by atoms with van der Waals surface area (Å²) >= 11 is 23.8. The molecule has 0 saturated carbocycles. The molecule has 0 aliphatic heterocycles. The number of amides is 5. The van der Waals surface area contributed by atoms with E-state index in [0.717, 1.165) is 69.6 Å². The van der Waals surface area contributed by atoms with Gasteiger partial charge in [0.1, 0.15) is 118 Å². The molecule has 9 aromatic carbocycles. The third-order valence-electron chi connectivity index (χ3n) is 19.4. The molecule has 5 heterocycles. The molecule has 0 saturated heterocycles. The second kappa shape index (κ2) is 47.5. The first-order valence-corrected chi connectivity index (χ1v) is 41.7. The third-order valence-corrected chi connectivity index (χ3v) is 20.3. The Morgan fingerprint density at radius 3 is 0.832 bits per heavy atom. The number of benzene rings is 9. The molecule has 0 atom stereocenters. The number of fused-ring (bicyclic) bond motifs is 5. The Morgan fingerprint density at radius 2 is 0.559 bits per heavy atom. The lowest BCUT2D eigenvalue weighted by Gasteiger charge is -2.16. The highest BCUT2D eigenvalue weighted by molar-refractivity contribution is 6.32. The second-order valence-electron chi connectivity index (χ2n) is 28.9. The first-order valence-electron chi connectivity index (χ1n) is 40.2. The van der Waals surface area contributed by atoms with Crippen LogP contribution >= 0.6 is 46.4 Å². The Bertz CT molecular complexity index is 7700. The minimum Gasteiger partial charge on any atom is -0.506 e. The fourth-order valence-corrected chi connectivity index (χ4v) is 13.5. The van der Waals surface area contributed by atoms with E-state index in [1.807, 2.05) is 27.3 Å². The van der Waals surface area contributed by atoms with E-state index < -0.39 is 236 Å². The number of alkyl halides is 3. The van der Waals surface area contributed by atoms with Crippen molar-refractivity contribution in [1.82, 2.24) is 50.2 Å². The number of rotatable bonds is 30. The number of carbonyl (C=O) groups is 10. The highest BCUT2D eigenvalue weighted by Crippen LogP contribution is 2.35. The number of carbonyl (C=O) groups excluding carboxylic acids is 5. The van der Waals surface area contributed by atoms with E-state index in [9.17, 15) is 128 Å². The molecule has 14 aromatic rings. The van der Waals surface area contributed by atoms with Crippen LogP contribution in [0.4, 0.5) is 30.7 Å². The van der Waals surface area contributed by atoms with Crippen molar-refractivity contribution in [2.75, 3.05) is 39.3 Å². The number of halogens is 11. The Morgan fingerprint density at radius 1 is 0.315 bits per heavy atom. The number of carboxylic acid groups (broad SMARTS) is 5. The standard InChI is InChI=1S/C20H14ClF3N2O6.C19H13ClF2N2O6.C19H15ClN2O6.C19H14F2N2O6.C15H13ClN2O6/c21-12-5-6-13-14(7-12)26(19(31)16(17(13)29)18(30)25-8-15(27)28)32-9-10-1-3-11(4-2-10)20(22,23)24;20-9-4-5-10-14(6-9)24(30-8-11-12(21)2-1-3-13(11)22)19(29)16(17(10)27)18(28)23-7-15(25)26;20-12-6-7-13-14(8-12)22(28-10-11-4-2-1-3-5-11)19(27)16(17(13)25)18(26)21-9-15(23)24;20-12-5-3-6-13(21)11(12)9-29-23-14-7-2-1-4-10(14)17(26)16(19(23)28)18(27)22-8-15(24)25;1-2-5-24-18-10-6-8(16)3-4-9(10)13(21)12(15(18)23)14(22)17-7-11(19)20/h1-7,29H,8-9H2,(H,25,30)(H,27,28);1-6,27H,7-8H2,(H,23,28)(H,25,26);1-8,25H,9-10H2,(H,21,26)(H,23,24);1-7,26H,8-9H2,(H,22,27)(H,24,25);2-4,6,21H,1,5,7H2,(H,17,22)(H,19,20). The van der Waals surface area contributed by atoms with Crippen LogP contribution in [0, 0.1) is 23.3 Å². The van der Waals surface area contributed by atoms with Gasteiger partial charge >= 0.3 is 36.0 Å². The van der Waals surface area contributed by atoms with Crippen LogP contribution in [0.3, 0.4) is 0 Å². The molecule has 5 aromatic heterocycles. The lowest BCUT2D eigenvalue weighted by Crippen LogP contribution is -2.37. The van der Waals surface area contributed by atoms with Crippen molar-refractivity contribution in [2.24, 2.45) is 0 Å². The van der Waals surface area contributed by atoms with Crippen molar-refractivity contribution < 1.29 is 154 Å². The molecular weight excluding hydrogens is 2000 g/mol. The summed E-state index contributed by atoms with van der Waals surface area (Å²) in [5.74, 6) is -19.1. The van der Waals surface area contributed by atoms with Crippen LogP contribution in [0.5, 0.6) is 28.7 Å². The lowest BCUT2D eigenvalue weighted by molar-refractivity contribution is -0.138. The van der Waals surface area contributed by atoms with Gasteiger partial charge in [0.15, 0.2) is 27.8 Å². The Kier molecular flexibility index (Phi) is 35.6. The van der Waals surface area contributed by atoms with Crippen molar-refractivity contribution in [3.8, 4) is 28.7 Å². The van der Waals surface area contributed by atoms with Gasteiger partial charge in [-0.3, -0.25) is 71.9 Å². The highest BCUT2D eigenvalue weighted by Gasteiger charge is 2.33. The summed E-state index contributed by atoms with van der Waals surface area (Å²) in [6.45, 7) is -2.12. The van der Waals surface area contributed by atoms with Gasteiger partial charge in [0.05, 0.1) is 44.3 Å². The van der Waals surface area contributed by atoms with Crippen LogP contribution in [-0.4, -0.2) is 173 Å². The molecule has 744 valence electrons. The van der Waals surface area contributed by atoms with Crippen molar-refractivity contribution in [1.29, 1.82) is 0 Å². The van der Waals surface area contributed by atoms with E-state index in [4.69, 9.17) is 96.1 Å². The van der Waals surface area contributed by atoms with Crippen LogP contribution in [0.15, 0.2) is 225 Å². The molecule has 15 N–H and O–H groups in total. The summed E-state index contributed by atoms with van der Waals surface area (Å²) < 4.78 is 97.1. The largest absolute Gasteiger partial charge is 0.506 e. The van der Waals surface area contributed by atoms with Crippen LogP contribution in [0.2, 0.25) is 20.1 Å². The summed E-state index contributed by atoms with van der Waals surface area (Å²) in [7, 11) is 0. The minimum atomic E-state index is -4.52. The number of nitrogens with zero attached hydrogens (tertiary/aromatic N) is 5. The maximum Gasteiger partial charge on any atom is 0.416 e. The molecular formula is C92H69Cl4F7N10O30. The normalized spacial score (nSPS) is 10.8. The number of nitrogens with one attached hydrogen (secondary N) is 5. The molecule has 0 unspecified atom stereocenters. The van der Waals surface area contributed by atoms with E-state index in [0.29, 0.717) is 24.2 Å². The Labute approximate surface area is 812 Å². The molecule has 14 rings (SSSR count). The van der Waals surface area contributed by atoms with E-state index in [-0.39, 0.29) is 89.9 Å². The first-order chi connectivity index (χ1) is 67.7. The van der Waals surface area contributed by atoms with Crippen LogP contribution < -0.4 is 78.6 Å². The van der Waals surface area contributed by atoms with Gasteiger partial charge in [-0.2, -0.15) is 13.2 Å². The summed E-state index contributed by atoms with van der Waals surface area (Å²) in [6, 6.07) is 41.7. The predicted molar refractivity (Wildman–Crippen MR) is 493 cm³/mol. The molecule has 5 amide bonds. The fraction of sp³-hybridized carbons (Fsp3) is 0.120. The summed E-state index contributed by atoms with van der Waals surface area (Å²) in [4.78, 5) is 205. The zero-order chi connectivity index (χ0) is 105. The van der Waals surface area contributed by atoms with E-state index in [1.54, 1.807) is 24.3 Å². The molecule has 0 aliphatic carbocycles. The minimum absolute atomic E-state index is 0.00175. The van der Waals surface area contributed by atoms with Crippen molar-refractivity contribution >= 4 is 160 Å². The predicted octanol–water partition coefficient (Wildman–Crippen LogP) is 8.93. The third kappa shape index (κ3) is 26.1. The maximum atomic E-state index is 13.9. The zero-order valence-corrected chi connectivity index (χ0v) is 75.3. The smallest absolute Gasteiger partial charge is 0.416 e. The van der Waals surface area contributed by atoms with Gasteiger partial charge in [-0.05, 0) is 132 Å². The average molecular weight is 2070 g/mol. The fourth-order valence-electron chi connectivity index (χ4n) is 12.8. The van der Waals surface area contributed by atoms with Gasteiger partial charge < -0.3 is 102 Å². The van der Waals surface area contributed by atoms with Crippen LogP contribution in [0.1, 0.15) is 79.6 Å². The Hall–Kier alpha value is -17.9. The van der Waals surface area contributed by atoms with Crippen molar-refractivity contribution in [2.45, 2.75) is 32.6 Å². The average Bonchev–Trinajstić information content (AvgIpc) is 0.763. The quantitative estimate of drug-likeness (QED) is 0.0147. The van der Waals surface area contributed by atoms with E-state index >= 15 is 0 Å². The van der Waals surface area contributed by atoms with Gasteiger partial charge in [-0.15, -0.1) is 23.7 Å². The van der Waals surface area contributed by atoms with Crippen molar-refractivity contribution in [3.05, 3.63) is 351 Å². The maximum absolute atomic E-state index is 13.9. The van der Waals surface area contributed by atoms with E-state index in [2.05, 4.69) is 11.9 Å². The summed E-state index contributed by atoms with van der Waals surface area (Å²) in [5.41, 5.74) is -9.34. The molecule has 40 nitrogen and oxygen atoms in total. The van der Waals surface area contributed by atoms with Crippen molar-refractivity contribution in [3.63, 3.8) is 0 Å². The summed E-state index contributed by atoms with van der Waals surface area (Å²) in [5, 5.41) is 107. The molecule has 0 radical (unpaired) electrons. The SMILES string of the molecule is C=CCOn1c(=O)c(C(=O)NCC(=O)O)c(O)c2ccc(Cl)cc21.O=C(O)CNC(=O)c1c(O)c2ccc(Cl)cc2n(OCc2c(F)cccc2F)c1=O.O=C(O)CNC(=O)c1c(O)c2ccc(Cl)cc2n(OCc2ccc(C(F)(F)F)cc2)c1=O.O=C(O)CNC(=O)c1c(O)c2ccc(Cl)cc2n(OCc2ccccc2)c1=O.O=C(O)CNC(=O)c1c(O)c2ccccc2n(OCc2c(F)cccc2F)c1=O. The van der Waals surface area contributed by atoms with Crippen LogP contribution in [0.25, 0.3) is 54.5 Å². The number of hydrogen-bond donors (Lipinski definition) is 15. The van der Waals surface area contributed by atoms with E-state index in [1.165, 1.54) is 109 Å². The molecule has 0 aliphatic rings. The molecule has 0 spiro atoms. The van der Waals surface area contributed by atoms with Gasteiger partial charge in [0.2, 0.25) is 0 Å². The topological polar surface area (TPSA) is 589 Å². The number of hydrogen-bond acceptors (Lipinski definition) is 25. The highest BCUT2D eigenvalue weighted by atomic mass is 35.5. The number of pyridine rings is 5. The van der Waals surface area contributed by atoms with Gasteiger partial charge in [-0.25, -0.2) is 17.6 Å². The number of aromatic nitrogens is 5. The number of aromatic hydroxyl groups is 5. The number of para-hydroxylation sites is 1. The van der Waals surface area contributed by atoms with Crippen LogP contribution in [-0.2, 0) is 56.6 Å². The molecule has 0 bridgehead atoms. The van der Waals surface area contributed by atoms with Gasteiger partial charge in [0, 0.05) is 47.0 Å². The number of aliphatic carboxylic acids is 5. The second-order valence-corrected chi connectivity index (χ2v) is 30.7. The first kappa shape index (κ1) is 107. The molecule has 143 heavy (non-hydrogen) atoms. The zero-order valence-electron chi connectivity index (χ0n) is 72.3. The Balaban J connectivity index is 0.000000184. The number of carboxylic acids is 5. The molecule has 51 heteroatoms.